The molecule has 0 radical (unpaired) electrons. The predicted molar refractivity (Wildman–Crippen MR) is 69.2 cm³/mol. The molecule has 1 rings (SSSR count). The number of ether oxygens (including phenoxy) is 1. The molecule has 1 atom stereocenters. The van der Waals surface area contributed by atoms with E-state index in [0.717, 1.165) is 24.2 Å². The maximum atomic E-state index is 11.6. The average Bonchev–Trinajstić information content (AvgIpc) is 2.36. The lowest BCUT2D eigenvalue weighted by atomic mass is 10.1. The quantitative estimate of drug-likeness (QED) is 0.823. The summed E-state index contributed by atoms with van der Waals surface area (Å²) in [6.07, 6.45) is 2.28. The number of carbonyl (C=O) groups is 1. The van der Waals surface area contributed by atoms with E-state index in [-0.39, 0.29) is 11.9 Å². The van der Waals surface area contributed by atoms with Gasteiger partial charge < -0.3 is 10.1 Å². The second-order valence-corrected chi connectivity index (χ2v) is 4.22. The number of hydrogen-bond acceptors (Lipinski definition) is 2. The smallest absolute Gasteiger partial charge is 0.220 e. The second kappa shape index (κ2) is 6.94. The lowest BCUT2D eigenvalue weighted by Gasteiger charge is -2.11. The number of rotatable bonds is 6. The van der Waals surface area contributed by atoms with Gasteiger partial charge in [0.15, 0.2) is 0 Å². The third kappa shape index (κ3) is 4.89. The first-order chi connectivity index (χ1) is 8.15. The molecule has 0 saturated heterocycles. The summed E-state index contributed by atoms with van der Waals surface area (Å²) in [6, 6.07) is 8.09. The minimum absolute atomic E-state index is 0.121. The number of nitrogens with one attached hydrogen (secondary N) is 1. The summed E-state index contributed by atoms with van der Waals surface area (Å²) in [5, 5.41) is 2.96. The van der Waals surface area contributed by atoms with Crippen LogP contribution in [0.3, 0.4) is 0 Å². The lowest BCUT2D eigenvalue weighted by molar-refractivity contribution is -0.121. The van der Waals surface area contributed by atoms with E-state index in [1.165, 1.54) is 0 Å². The normalized spacial score (nSPS) is 11.9. The van der Waals surface area contributed by atoms with Crippen LogP contribution in [0.2, 0.25) is 0 Å². The van der Waals surface area contributed by atoms with E-state index in [2.05, 4.69) is 12.2 Å². The Balaban J connectivity index is 2.36. The van der Waals surface area contributed by atoms with Gasteiger partial charge in [0, 0.05) is 12.5 Å². The van der Waals surface area contributed by atoms with E-state index in [4.69, 9.17) is 4.74 Å². The monoisotopic (exact) mass is 235 g/mol. The molecule has 0 aliphatic carbocycles. The van der Waals surface area contributed by atoms with Crippen LogP contribution in [0.4, 0.5) is 0 Å². The van der Waals surface area contributed by atoms with Crippen molar-refractivity contribution in [1.82, 2.24) is 5.32 Å². The molecule has 0 unspecified atom stereocenters. The topological polar surface area (TPSA) is 38.3 Å². The van der Waals surface area contributed by atoms with Gasteiger partial charge in [0.25, 0.3) is 0 Å². The number of methoxy groups -OCH3 is 1. The zero-order valence-corrected chi connectivity index (χ0v) is 10.8. The van der Waals surface area contributed by atoms with Crippen molar-refractivity contribution >= 4 is 5.91 Å². The van der Waals surface area contributed by atoms with Gasteiger partial charge in [-0.2, -0.15) is 0 Å². The largest absolute Gasteiger partial charge is 0.497 e. The summed E-state index contributed by atoms with van der Waals surface area (Å²) in [4.78, 5) is 11.6. The third-order valence-corrected chi connectivity index (χ3v) is 2.82. The van der Waals surface area contributed by atoms with Crippen LogP contribution < -0.4 is 10.1 Å². The zero-order valence-electron chi connectivity index (χ0n) is 10.8. The van der Waals surface area contributed by atoms with E-state index in [1.54, 1.807) is 7.11 Å². The van der Waals surface area contributed by atoms with Gasteiger partial charge in [-0.15, -0.1) is 0 Å². The van der Waals surface area contributed by atoms with E-state index < -0.39 is 0 Å². The van der Waals surface area contributed by atoms with Crippen molar-refractivity contribution in [2.24, 2.45) is 0 Å². The Kier molecular flexibility index (Phi) is 5.53. The molecule has 17 heavy (non-hydrogen) atoms. The van der Waals surface area contributed by atoms with Crippen LogP contribution in [0.5, 0.6) is 5.75 Å². The van der Waals surface area contributed by atoms with Crippen LogP contribution in [-0.2, 0) is 11.2 Å². The van der Waals surface area contributed by atoms with Crippen molar-refractivity contribution in [1.29, 1.82) is 0 Å². The van der Waals surface area contributed by atoms with Crippen LogP contribution in [0.1, 0.15) is 32.3 Å². The first kappa shape index (κ1) is 13.6. The van der Waals surface area contributed by atoms with E-state index in [9.17, 15) is 4.79 Å². The highest BCUT2D eigenvalue weighted by atomic mass is 16.5. The number of amides is 1. The summed E-state index contributed by atoms with van der Waals surface area (Å²) in [6.45, 7) is 4.08. The Morgan fingerprint density at radius 1 is 1.35 bits per heavy atom. The highest BCUT2D eigenvalue weighted by molar-refractivity contribution is 5.76. The molecule has 0 aromatic heterocycles. The Morgan fingerprint density at radius 2 is 2.00 bits per heavy atom. The highest BCUT2D eigenvalue weighted by Gasteiger charge is 2.05. The molecule has 1 amide bonds. The fourth-order valence-electron chi connectivity index (χ4n) is 1.50. The van der Waals surface area contributed by atoms with Gasteiger partial charge >= 0.3 is 0 Å². The first-order valence-corrected chi connectivity index (χ1v) is 6.08. The number of benzene rings is 1. The molecular formula is C14H21NO2. The number of hydrogen-bond donors (Lipinski definition) is 1. The number of carbonyl (C=O) groups excluding carboxylic acids is 1. The molecule has 0 bridgehead atoms. The minimum atomic E-state index is 0.121. The molecular weight excluding hydrogens is 214 g/mol. The van der Waals surface area contributed by atoms with E-state index in [0.29, 0.717) is 6.42 Å². The Labute approximate surface area is 103 Å². The fourth-order valence-corrected chi connectivity index (χ4v) is 1.50. The molecule has 1 N–H and O–H groups in total. The van der Waals surface area contributed by atoms with Crippen molar-refractivity contribution in [3.05, 3.63) is 29.8 Å². The molecule has 0 aliphatic heterocycles. The van der Waals surface area contributed by atoms with Crippen molar-refractivity contribution in [2.75, 3.05) is 7.11 Å². The molecule has 1 aromatic carbocycles. The zero-order chi connectivity index (χ0) is 12.7. The van der Waals surface area contributed by atoms with Crippen LogP contribution in [0.25, 0.3) is 0 Å². The Bertz CT molecular complexity index is 346. The molecule has 0 aliphatic rings. The van der Waals surface area contributed by atoms with Crippen molar-refractivity contribution in [3.8, 4) is 5.75 Å². The van der Waals surface area contributed by atoms with Crippen LogP contribution >= 0.6 is 0 Å². The molecule has 0 fully saturated rings. The van der Waals surface area contributed by atoms with E-state index in [1.807, 2.05) is 31.2 Å². The second-order valence-electron chi connectivity index (χ2n) is 4.22. The molecule has 0 spiro atoms. The lowest BCUT2D eigenvalue weighted by Crippen LogP contribution is -2.31. The van der Waals surface area contributed by atoms with E-state index >= 15 is 0 Å². The Hall–Kier alpha value is -1.51. The third-order valence-electron chi connectivity index (χ3n) is 2.82. The summed E-state index contributed by atoms with van der Waals surface area (Å²) >= 11 is 0. The summed E-state index contributed by atoms with van der Waals surface area (Å²) in [7, 11) is 1.65. The molecule has 3 heteroatoms. The SMILES string of the molecule is CC[C@H](C)NC(=O)CCc1ccc(OC)cc1. The minimum Gasteiger partial charge on any atom is -0.497 e. The van der Waals surface area contributed by atoms with Crippen LogP contribution in [0, 0.1) is 0 Å². The first-order valence-electron chi connectivity index (χ1n) is 6.08. The van der Waals surface area contributed by atoms with Gasteiger partial charge in [-0.05, 0) is 37.5 Å². The summed E-state index contributed by atoms with van der Waals surface area (Å²) in [5.74, 6) is 0.966. The molecule has 0 heterocycles. The maximum absolute atomic E-state index is 11.6. The molecule has 1 aromatic rings. The van der Waals surface area contributed by atoms with Crippen molar-refractivity contribution < 1.29 is 9.53 Å². The van der Waals surface area contributed by atoms with Crippen molar-refractivity contribution in [2.45, 2.75) is 39.2 Å². The van der Waals surface area contributed by atoms with Gasteiger partial charge in [0.1, 0.15) is 5.75 Å². The van der Waals surface area contributed by atoms with Crippen molar-refractivity contribution in [3.63, 3.8) is 0 Å². The van der Waals surface area contributed by atoms with Gasteiger partial charge in [-0.1, -0.05) is 19.1 Å². The summed E-state index contributed by atoms with van der Waals surface area (Å²) in [5.41, 5.74) is 1.16. The van der Waals surface area contributed by atoms with Crippen LogP contribution in [0.15, 0.2) is 24.3 Å². The number of aryl methyl sites for hydroxylation is 1. The summed E-state index contributed by atoms with van der Waals surface area (Å²) < 4.78 is 5.08. The van der Waals surface area contributed by atoms with Gasteiger partial charge in [-0.25, -0.2) is 0 Å². The predicted octanol–water partition coefficient (Wildman–Crippen LogP) is 2.54. The van der Waals surface area contributed by atoms with Gasteiger partial charge in [0.05, 0.1) is 7.11 Å². The Morgan fingerprint density at radius 3 is 2.53 bits per heavy atom. The highest BCUT2D eigenvalue weighted by Crippen LogP contribution is 2.12. The standard InChI is InChI=1S/C14H21NO2/c1-4-11(2)15-14(16)10-7-12-5-8-13(17-3)9-6-12/h5-6,8-9,11H,4,7,10H2,1-3H3,(H,15,16)/t11-/m0/s1. The van der Waals surface area contributed by atoms with Gasteiger partial charge in [0.2, 0.25) is 5.91 Å². The van der Waals surface area contributed by atoms with Gasteiger partial charge in [-0.3, -0.25) is 4.79 Å². The maximum Gasteiger partial charge on any atom is 0.220 e. The molecule has 94 valence electrons. The average molecular weight is 235 g/mol. The molecule has 3 nitrogen and oxygen atoms in total. The fraction of sp³-hybridized carbons (Fsp3) is 0.500. The van der Waals surface area contributed by atoms with Crippen LogP contribution in [-0.4, -0.2) is 19.1 Å². The molecule has 0 saturated carbocycles.